The van der Waals surface area contributed by atoms with Gasteiger partial charge in [-0.05, 0) is 54.9 Å². The number of rotatable bonds is 5. The van der Waals surface area contributed by atoms with Crippen molar-refractivity contribution in [3.8, 4) is 0 Å². The number of hydrogen-bond donors (Lipinski definition) is 0. The van der Waals surface area contributed by atoms with Gasteiger partial charge in [-0.3, -0.25) is 0 Å². The fourth-order valence-corrected chi connectivity index (χ4v) is 4.47. The lowest BCUT2D eigenvalue weighted by molar-refractivity contribution is 0.833. The normalized spacial score (nSPS) is 11.3. The molecule has 0 spiro atoms. The Hall–Kier alpha value is -0.735. The number of aryl methyl sites for hydroxylation is 3. The van der Waals surface area contributed by atoms with E-state index in [9.17, 15) is 0 Å². The Bertz CT molecular complexity index is 704. The van der Waals surface area contributed by atoms with Crippen LogP contribution in [0.3, 0.4) is 0 Å². The van der Waals surface area contributed by atoms with Gasteiger partial charge in [-0.1, -0.05) is 63.6 Å². The van der Waals surface area contributed by atoms with Gasteiger partial charge in [-0.2, -0.15) is 0 Å². The van der Waals surface area contributed by atoms with Gasteiger partial charge in [0.15, 0.2) is 0 Å². The quantitative estimate of drug-likeness (QED) is 0.408. The average Bonchev–Trinajstić information content (AvgIpc) is 2.49. The van der Waals surface area contributed by atoms with Crippen molar-refractivity contribution in [2.45, 2.75) is 60.3 Å². The van der Waals surface area contributed by atoms with E-state index < -0.39 is 0 Å². The molecule has 0 fully saturated rings. The smallest absolute Gasteiger partial charge is 0.365 e. The van der Waals surface area contributed by atoms with Gasteiger partial charge in [-0.15, -0.1) is 31.5 Å². The second-order valence-corrected chi connectivity index (χ2v) is 10.5. The summed E-state index contributed by atoms with van der Waals surface area (Å²) in [5.74, 6) is 0.919. The molecule has 4 heteroatoms. The summed E-state index contributed by atoms with van der Waals surface area (Å²) in [5, 5.41) is 0. The lowest BCUT2D eigenvalue weighted by Crippen LogP contribution is -2.29. The fraction of sp³-hybridized carbons (Fsp3) is 0.429. The van der Waals surface area contributed by atoms with Crippen molar-refractivity contribution >= 4 is 47.4 Å². The predicted octanol–water partition coefficient (Wildman–Crippen LogP) is 7.77. The van der Waals surface area contributed by atoms with E-state index >= 15 is 0 Å². The van der Waals surface area contributed by atoms with Gasteiger partial charge in [0.05, 0.1) is 0 Å². The molecular formula is C21H28BBr2N. The third-order valence-electron chi connectivity index (χ3n) is 4.65. The summed E-state index contributed by atoms with van der Waals surface area (Å²) in [5.41, 5.74) is 9.27. The standard InChI is InChI=1S/C21H28BBr2N/c1-13(2)18-9-8-10-19(14(3)4)21(18)25(22(23)24)20-16(6)11-15(5)12-17(20)7/h8-14H,1-7H3. The Morgan fingerprint density at radius 1 is 0.800 bits per heavy atom. The molecule has 0 aliphatic rings. The monoisotopic (exact) mass is 463 g/mol. The van der Waals surface area contributed by atoms with Crippen molar-refractivity contribution in [3.63, 3.8) is 0 Å². The molecule has 0 N–H and O–H groups in total. The zero-order valence-corrected chi connectivity index (χ0v) is 19.5. The molecule has 0 amide bonds. The maximum absolute atomic E-state index is 3.81. The molecule has 25 heavy (non-hydrogen) atoms. The third-order valence-corrected chi connectivity index (χ3v) is 5.47. The molecule has 0 saturated carbocycles. The third kappa shape index (κ3) is 4.33. The molecule has 0 bridgehead atoms. The van der Waals surface area contributed by atoms with Crippen molar-refractivity contribution in [3.05, 3.63) is 58.1 Å². The fourth-order valence-electron chi connectivity index (χ4n) is 3.65. The van der Waals surface area contributed by atoms with Crippen molar-refractivity contribution in [2.75, 3.05) is 4.81 Å². The first-order valence-corrected chi connectivity index (χ1v) is 10.8. The number of halogens is 2. The molecule has 0 atom stereocenters. The highest BCUT2D eigenvalue weighted by Gasteiger charge is 2.28. The maximum atomic E-state index is 3.81. The van der Waals surface area contributed by atoms with Crippen LogP contribution in [-0.4, -0.2) is 4.50 Å². The van der Waals surface area contributed by atoms with Crippen molar-refractivity contribution < 1.29 is 0 Å². The topological polar surface area (TPSA) is 3.24 Å². The van der Waals surface area contributed by atoms with E-state index in [-0.39, 0.29) is 4.50 Å². The molecule has 2 rings (SSSR count). The Labute approximate surface area is 170 Å². The highest BCUT2D eigenvalue weighted by molar-refractivity contribution is 9.49. The lowest BCUT2D eigenvalue weighted by atomic mass is 9.89. The molecule has 0 unspecified atom stereocenters. The number of hydrogen-bond acceptors (Lipinski definition) is 1. The minimum atomic E-state index is 0.0255. The maximum Gasteiger partial charge on any atom is 0.415 e. The molecule has 2 aromatic carbocycles. The van der Waals surface area contributed by atoms with Crippen LogP contribution >= 0.6 is 31.5 Å². The highest BCUT2D eigenvalue weighted by Crippen LogP contribution is 2.43. The van der Waals surface area contributed by atoms with E-state index in [2.05, 4.69) is 115 Å². The highest BCUT2D eigenvalue weighted by atomic mass is 79.9. The van der Waals surface area contributed by atoms with E-state index in [1.165, 1.54) is 39.2 Å². The van der Waals surface area contributed by atoms with Gasteiger partial charge in [-0.25, -0.2) is 0 Å². The number of nitrogens with zero attached hydrogens (tertiary/aromatic N) is 1. The zero-order valence-electron chi connectivity index (χ0n) is 16.3. The minimum Gasteiger partial charge on any atom is -0.365 e. The SMILES string of the molecule is Cc1cc(C)c(N(B(Br)Br)c2c(C(C)C)cccc2C(C)C)c(C)c1. The molecule has 2 aromatic rings. The number of para-hydroxylation sites is 1. The van der Waals surface area contributed by atoms with E-state index in [0.29, 0.717) is 11.8 Å². The molecular weight excluding hydrogens is 437 g/mol. The largest absolute Gasteiger partial charge is 0.415 e. The van der Waals surface area contributed by atoms with E-state index in [1.54, 1.807) is 0 Å². The van der Waals surface area contributed by atoms with E-state index in [4.69, 9.17) is 0 Å². The van der Waals surface area contributed by atoms with Crippen LogP contribution in [-0.2, 0) is 0 Å². The molecule has 0 radical (unpaired) electrons. The van der Waals surface area contributed by atoms with Crippen LogP contribution in [0, 0.1) is 20.8 Å². The number of anilines is 2. The average molecular weight is 465 g/mol. The minimum absolute atomic E-state index is 0.0255. The van der Waals surface area contributed by atoms with Gasteiger partial charge in [0, 0.05) is 11.4 Å². The number of benzene rings is 2. The van der Waals surface area contributed by atoms with Crippen LogP contribution in [0.5, 0.6) is 0 Å². The van der Waals surface area contributed by atoms with Crippen molar-refractivity contribution in [2.24, 2.45) is 0 Å². The van der Waals surface area contributed by atoms with Crippen LogP contribution in [0.1, 0.15) is 67.3 Å². The predicted molar refractivity (Wildman–Crippen MR) is 121 cm³/mol. The first kappa shape index (κ1) is 20.6. The van der Waals surface area contributed by atoms with Crippen molar-refractivity contribution in [1.82, 2.24) is 0 Å². The lowest BCUT2D eigenvalue weighted by Gasteiger charge is -2.34. The summed E-state index contributed by atoms with van der Waals surface area (Å²) in [4.78, 5) is 2.41. The molecule has 134 valence electrons. The zero-order chi connectivity index (χ0) is 18.9. The van der Waals surface area contributed by atoms with Gasteiger partial charge in [0.25, 0.3) is 0 Å². The van der Waals surface area contributed by atoms with Crippen molar-refractivity contribution in [1.29, 1.82) is 0 Å². The van der Waals surface area contributed by atoms with Crippen LogP contribution in [0.4, 0.5) is 11.4 Å². The molecule has 0 saturated heterocycles. The van der Waals surface area contributed by atoms with Crippen LogP contribution in [0.25, 0.3) is 0 Å². The second kappa shape index (κ2) is 8.31. The molecule has 0 aliphatic carbocycles. The van der Waals surface area contributed by atoms with E-state index in [0.717, 1.165) is 0 Å². The Balaban J connectivity index is 2.84. The molecule has 1 nitrogen and oxygen atoms in total. The Kier molecular flexibility index (Phi) is 6.84. The Morgan fingerprint density at radius 2 is 1.24 bits per heavy atom. The van der Waals surface area contributed by atoms with Gasteiger partial charge >= 0.3 is 4.50 Å². The molecule has 0 heterocycles. The first-order chi connectivity index (χ1) is 11.6. The van der Waals surface area contributed by atoms with Crippen LogP contribution in [0.15, 0.2) is 30.3 Å². The summed E-state index contributed by atoms with van der Waals surface area (Å²) in [6.45, 7) is 15.7. The summed E-state index contributed by atoms with van der Waals surface area (Å²) in [7, 11) is 0. The van der Waals surface area contributed by atoms with Gasteiger partial charge in [0.2, 0.25) is 0 Å². The van der Waals surface area contributed by atoms with Gasteiger partial charge in [0.1, 0.15) is 0 Å². The second-order valence-electron chi connectivity index (χ2n) is 7.49. The summed E-state index contributed by atoms with van der Waals surface area (Å²) >= 11 is 7.62. The summed E-state index contributed by atoms with van der Waals surface area (Å²) in [6, 6.07) is 11.3. The first-order valence-electron chi connectivity index (χ1n) is 8.93. The molecule has 0 aliphatic heterocycles. The van der Waals surface area contributed by atoms with E-state index in [1.807, 2.05) is 0 Å². The Morgan fingerprint density at radius 3 is 1.60 bits per heavy atom. The molecule has 0 aromatic heterocycles. The van der Waals surface area contributed by atoms with Gasteiger partial charge < -0.3 is 4.81 Å². The van der Waals surface area contributed by atoms with Crippen LogP contribution in [0.2, 0.25) is 0 Å². The van der Waals surface area contributed by atoms with Crippen LogP contribution < -0.4 is 4.81 Å². The summed E-state index contributed by atoms with van der Waals surface area (Å²) < 4.78 is 0.0255. The summed E-state index contributed by atoms with van der Waals surface area (Å²) in [6.07, 6.45) is 0.